The molecule has 0 saturated carbocycles. The molecule has 0 heterocycles. The van der Waals surface area contributed by atoms with Crippen molar-refractivity contribution in [2.45, 2.75) is 24.3 Å². The number of carbonyl (C=O) groups is 1. The lowest BCUT2D eigenvalue weighted by molar-refractivity contribution is -0.121. The molecule has 0 aromatic heterocycles. The maximum absolute atomic E-state index is 11.9. The number of likely N-dealkylation sites (N-methyl/N-ethyl adjacent to an activating group) is 1. The van der Waals surface area contributed by atoms with Crippen molar-refractivity contribution in [3.8, 4) is 0 Å². The summed E-state index contributed by atoms with van der Waals surface area (Å²) in [4.78, 5) is 12.1. The highest BCUT2D eigenvalue weighted by Gasteiger charge is 2.25. The van der Waals surface area contributed by atoms with Gasteiger partial charge in [0.05, 0.1) is 10.4 Å². The molecule has 3 N–H and O–H groups in total. The molecule has 0 bridgehead atoms. The Morgan fingerprint density at radius 3 is 2.05 bits per heavy atom. The van der Waals surface area contributed by atoms with Crippen LogP contribution in [0, 0.1) is 0 Å². The third kappa shape index (κ3) is 3.76. The summed E-state index contributed by atoms with van der Waals surface area (Å²) >= 11 is 0. The third-order valence-corrected chi connectivity index (χ3v) is 4.31. The van der Waals surface area contributed by atoms with Gasteiger partial charge in [-0.3, -0.25) is 4.79 Å². The zero-order valence-corrected chi connectivity index (χ0v) is 12.3. The summed E-state index contributed by atoms with van der Waals surface area (Å²) in [5.41, 5.74) is -0.154. The number of benzene rings is 1. The minimum absolute atomic E-state index is 0.154. The fraction of sp³-hybridized carbons (Fsp3) is 0.417. The zero-order valence-electron chi connectivity index (χ0n) is 11.4. The predicted octanol–water partition coefficient (Wildman–Crippen LogP) is 0.531. The molecule has 0 aliphatic rings. The van der Waals surface area contributed by atoms with Crippen LogP contribution in [0.5, 0.6) is 0 Å². The Morgan fingerprint density at radius 2 is 1.63 bits per heavy atom. The molecule has 1 aromatic rings. The third-order valence-electron chi connectivity index (χ3n) is 2.88. The fourth-order valence-electron chi connectivity index (χ4n) is 1.24. The van der Waals surface area contributed by atoms with Crippen molar-refractivity contribution < 1.29 is 13.2 Å². The van der Waals surface area contributed by atoms with Crippen LogP contribution in [0.3, 0.4) is 0 Å². The molecular weight excluding hydrogens is 266 g/mol. The average Bonchev–Trinajstić information content (AvgIpc) is 2.39. The van der Waals surface area contributed by atoms with Gasteiger partial charge in [0.1, 0.15) is 0 Å². The van der Waals surface area contributed by atoms with E-state index in [1.807, 2.05) is 0 Å². The number of carbonyl (C=O) groups excluding carboxylic acids is 1. The van der Waals surface area contributed by atoms with E-state index in [2.05, 4.69) is 15.4 Å². The van der Waals surface area contributed by atoms with Gasteiger partial charge in [-0.05, 0) is 52.2 Å². The van der Waals surface area contributed by atoms with E-state index in [0.717, 1.165) is 0 Å². The molecule has 0 aliphatic carbocycles. The number of nitrogens with one attached hydrogen (secondary N) is 3. The van der Waals surface area contributed by atoms with Crippen molar-refractivity contribution in [1.82, 2.24) is 10.0 Å². The Hall–Kier alpha value is -1.44. The minimum Gasteiger partial charge on any atom is -0.325 e. The highest BCUT2D eigenvalue weighted by molar-refractivity contribution is 7.89. The first-order valence-corrected chi connectivity index (χ1v) is 7.25. The maximum Gasteiger partial charge on any atom is 0.244 e. The minimum atomic E-state index is -3.45. The molecule has 7 heteroatoms. The lowest BCUT2D eigenvalue weighted by atomic mass is 10.1. The van der Waals surface area contributed by atoms with E-state index in [4.69, 9.17) is 0 Å². The smallest absolute Gasteiger partial charge is 0.244 e. The van der Waals surface area contributed by atoms with Gasteiger partial charge in [0, 0.05) is 5.69 Å². The van der Waals surface area contributed by atoms with Crippen LogP contribution in [0.15, 0.2) is 29.2 Å². The van der Waals surface area contributed by atoms with Gasteiger partial charge in [0.15, 0.2) is 0 Å². The number of amides is 1. The predicted molar refractivity (Wildman–Crippen MR) is 74.5 cm³/mol. The summed E-state index contributed by atoms with van der Waals surface area (Å²) in [5.74, 6) is -0.195. The molecule has 0 unspecified atom stereocenters. The van der Waals surface area contributed by atoms with Gasteiger partial charge < -0.3 is 10.6 Å². The van der Waals surface area contributed by atoms with Crippen molar-refractivity contribution in [2.24, 2.45) is 0 Å². The molecule has 0 aliphatic heterocycles. The van der Waals surface area contributed by atoms with Crippen LogP contribution in [0.1, 0.15) is 13.8 Å². The summed E-state index contributed by atoms with van der Waals surface area (Å²) < 4.78 is 25.3. The van der Waals surface area contributed by atoms with E-state index >= 15 is 0 Å². The second-order valence-corrected chi connectivity index (χ2v) is 6.45. The average molecular weight is 285 g/mol. The van der Waals surface area contributed by atoms with Gasteiger partial charge in [-0.1, -0.05) is 0 Å². The van der Waals surface area contributed by atoms with Gasteiger partial charge in [0.25, 0.3) is 0 Å². The van der Waals surface area contributed by atoms with Crippen LogP contribution in [-0.2, 0) is 14.8 Å². The number of hydrogen-bond acceptors (Lipinski definition) is 4. The number of sulfonamides is 1. The van der Waals surface area contributed by atoms with E-state index in [1.54, 1.807) is 33.0 Å². The molecule has 0 atom stereocenters. The zero-order chi connectivity index (χ0) is 14.7. The lowest BCUT2D eigenvalue weighted by Gasteiger charge is -2.22. The van der Waals surface area contributed by atoms with Gasteiger partial charge >= 0.3 is 0 Å². The second kappa shape index (κ2) is 5.68. The van der Waals surface area contributed by atoms with Gasteiger partial charge in [-0.15, -0.1) is 0 Å². The topological polar surface area (TPSA) is 87.3 Å². The largest absolute Gasteiger partial charge is 0.325 e. The summed E-state index contributed by atoms with van der Waals surface area (Å²) in [6.45, 7) is 3.50. The monoisotopic (exact) mass is 285 g/mol. The van der Waals surface area contributed by atoms with Crippen molar-refractivity contribution in [3.05, 3.63) is 24.3 Å². The standard InChI is InChI=1S/C12H19N3O3S/c1-12(2,13-3)11(16)15-9-5-7-10(8-6-9)19(17,18)14-4/h5-8,13-14H,1-4H3,(H,15,16). The number of hydrogen-bond donors (Lipinski definition) is 3. The molecule has 1 amide bonds. The Labute approximate surface area is 113 Å². The molecule has 0 saturated heterocycles. The number of rotatable bonds is 5. The van der Waals surface area contributed by atoms with E-state index in [9.17, 15) is 13.2 Å². The molecular formula is C12H19N3O3S. The van der Waals surface area contributed by atoms with E-state index in [1.165, 1.54) is 19.2 Å². The van der Waals surface area contributed by atoms with Gasteiger partial charge in [-0.2, -0.15) is 0 Å². The quantitative estimate of drug-likeness (QED) is 0.736. The molecule has 19 heavy (non-hydrogen) atoms. The highest BCUT2D eigenvalue weighted by atomic mass is 32.2. The summed E-state index contributed by atoms with van der Waals surface area (Å²) in [6, 6.07) is 5.98. The second-order valence-electron chi connectivity index (χ2n) is 4.56. The van der Waals surface area contributed by atoms with Crippen LogP contribution >= 0.6 is 0 Å². The Kier molecular flexibility index (Phi) is 4.67. The normalized spacial score (nSPS) is 12.2. The lowest BCUT2D eigenvalue weighted by Crippen LogP contribution is -2.47. The molecule has 0 spiro atoms. The molecule has 1 aromatic carbocycles. The van der Waals surface area contributed by atoms with Crippen molar-refractivity contribution in [2.75, 3.05) is 19.4 Å². The Balaban J connectivity index is 2.87. The molecule has 1 rings (SSSR count). The van der Waals surface area contributed by atoms with Crippen LogP contribution in [-0.4, -0.2) is 34.0 Å². The molecule has 0 radical (unpaired) electrons. The van der Waals surface area contributed by atoms with Gasteiger partial charge in [0.2, 0.25) is 15.9 Å². The van der Waals surface area contributed by atoms with E-state index in [0.29, 0.717) is 5.69 Å². The summed E-state index contributed by atoms with van der Waals surface area (Å²) in [5, 5.41) is 5.60. The SMILES string of the molecule is CNC(C)(C)C(=O)Nc1ccc(S(=O)(=O)NC)cc1. The van der Waals surface area contributed by atoms with Gasteiger partial charge in [-0.25, -0.2) is 13.1 Å². The van der Waals surface area contributed by atoms with Crippen LogP contribution in [0.25, 0.3) is 0 Å². The first-order valence-electron chi connectivity index (χ1n) is 5.77. The fourth-order valence-corrected chi connectivity index (χ4v) is 1.97. The maximum atomic E-state index is 11.9. The Bertz CT molecular complexity index is 550. The van der Waals surface area contributed by atoms with Crippen LogP contribution in [0.4, 0.5) is 5.69 Å². The van der Waals surface area contributed by atoms with E-state index in [-0.39, 0.29) is 10.8 Å². The first kappa shape index (κ1) is 15.6. The molecule has 0 fully saturated rings. The highest BCUT2D eigenvalue weighted by Crippen LogP contribution is 2.15. The van der Waals surface area contributed by atoms with Crippen molar-refractivity contribution >= 4 is 21.6 Å². The Morgan fingerprint density at radius 1 is 1.11 bits per heavy atom. The van der Waals surface area contributed by atoms with E-state index < -0.39 is 15.6 Å². The number of anilines is 1. The first-order chi connectivity index (χ1) is 8.73. The summed E-state index contributed by atoms with van der Waals surface area (Å²) in [7, 11) is -0.407. The van der Waals surface area contributed by atoms with Crippen molar-refractivity contribution in [1.29, 1.82) is 0 Å². The van der Waals surface area contributed by atoms with Crippen LogP contribution < -0.4 is 15.4 Å². The van der Waals surface area contributed by atoms with Crippen LogP contribution in [0.2, 0.25) is 0 Å². The van der Waals surface area contributed by atoms with Crippen molar-refractivity contribution in [3.63, 3.8) is 0 Å². The molecule has 106 valence electrons. The molecule has 6 nitrogen and oxygen atoms in total. The summed E-state index contributed by atoms with van der Waals surface area (Å²) in [6.07, 6.45) is 0.